The zero-order valence-electron chi connectivity index (χ0n) is 10.6. The van der Waals surface area contributed by atoms with Gasteiger partial charge in [-0.1, -0.05) is 0 Å². The highest BCUT2D eigenvalue weighted by atomic mass is 32.2. The van der Waals surface area contributed by atoms with Crippen LogP contribution in [0.15, 0.2) is 11.2 Å². The lowest BCUT2D eigenvalue weighted by atomic mass is 10.1. The minimum atomic E-state index is -3.60. The summed E-state index contributed by atoms with van der Waals surface area (Å²) in [6, 6.07) is 1.73. The Labute approximate surface area is 107 Å². The zero-order valence-corrected chi connectivity index (χ0v) is 11.4. The molecule has 1 aromatic heterocycles. The second-order valence-electron chi connectivity index (χ2n) is 4.58. The second kappa shape index (κ2) is 5.29. The SMILES string of the molecule is Cc1cc(C)nc(S(=O)(=O)NC2CCNCC2)n1. The van der Waals surface area contributed by atoms with Crippen LogP contribution in [-0.2, 0) is 10.0 Å². The molecule has 2 N–H and O–H groups in total. The van der Waals surface area contributed by atoms with Gasteiger partial charge >= 0.3 is 0 Å². The highest BCUT2D eigenvalue weighted by Crippen LogP contribution is 2.09. The van der Waals surface area contributed by atoms with Crippen LogP contribution in [0.1, 0.15) is 24.2 Å². The number of hydrogen-bond acceptors (Lipinski definition) is 5. The highest BCUT2D eigenvalue weighted by molar-refractivity contribution is 7.89. The Kier molecular flexibility index (Phi) is 3.94. The Morgan fingerprint density at radius 1 is 1.22 bits per heavy atom. The molecule has 1 aliphatic rings. The zero-order chi connectivity index (χ0) is 13.2. The lowest BCUT2D eigenvalue weighted by molar-refractivity contribution is 0.425. The van der Waals surface area contributed by atoms with Gasteiger partial charge in [-0.05, 0) is 45.8 Å². The molecule has 100 valence electrons. The quantitative estimate of drug-likeness (QED) is 0.762. The monoisotopic (exact) mass is 270 g/mol. The van der Waals surface area contributed by atoms with E-state index in [1.165, 1.54) is 0 Å². The van der Waals surface area contributed by atoms with E-state index in [0.717, 1.165) is 25.9 Å². The van der Waals surface area contributed by atoms with E-state index in [9.17, 15) is 8.42 Å². The molecule has 0 saturated carbocycles. The van der Waals surface area contributed by atoms with Gasteiger partial charge < -0.3 is 5.32 Å². The molecule has 1 fully saturated rings. The molecule has 18 heavy (non-hydrogen) atoms. The maximum Gasteiger partial charge on any atom is 0.276 e. The van der Waals surface area contributed by atoms with Crippen LogP contribution in [0.5, 0.6) is 0 Å². The van der Waals surface area contributed by atoms with Gasteiger partial charge in [-0.15, -0.1) is 0 Å². The molecule has 0 amide bonds. The largest absolute Gasteiger partial charge is 0.317 e. The Balaban J connectivity index is 2.19. The third kappa shape index (κ3) is 3.24. The fourth-order valence-corrected chi connectivity index (χ4v) is 3.33. The average Bonchev–Trinajstić information content (AvgIpc) is 2.28. The summed E-state index contributed by atoms with van der Waals surface area (Å²) in [6.07, 6.45) is 1.59. The maximum absolute atomic E-state index is 12.1. The molecule has 0 aromatic carbocycles. The molecular formula is C11H18N4O2S. The van der Waals surface area contributed by atoms with Crippen molar-refractivity contribution in [2.75, 3.05) is 13.1 Å². The molecule has 2 rings (SSSR count). The third-order valence-electron chi connectivity index (χ3n) is 2.86. The minimum Gasteiger partial charge on any atom is -0.317 e. The summed E-state index contributed by atoms with van der Waals surface area (Å²) in [6.45, 7) is 5.19. The second-order valence-corrected chi connectivity index (χ2v) is 6.19. The fourth-order valence-electron chi connectivity index (χ4n) is 2.03. The van der Waals surface area contributed by atoms with Crippen molar-refractivity contribution in [2.24, 2.45) is 0 Å². The van der Waals surface area contributed by atoms with E-state index in [1.54, 1.807) is 19.9 Å². The summed E-state index contributed by atoms with van der Waals surface area (Å²) in [4.78, 5) is 7.99. The van der Waals surface area contributed by atoms with E-state index < -0.39 is 10.0 Å². The number of hydrogen-bond donors (Lipinski definition) is 2. The van der Waals surface area contributed by atoms with Crippen molar-refractivity contribution in [1.82, 2.24) is 20.0 Å². The maximum atomic E-state index is 12.1. The van der Waals surface area contributed by atoms with Crippen molar-refractivity contribution in [3.05, 3.63) is 17.5 Å². The van der Waals surface area contributed by atoms with Gasteiger partial charge in [-0.25, -0.2) is 23.1 Å². The first-order valence-electron chi connectivity index (χ1n) is 6.03. The fraction of sp³-hybridized carbons (Fsp3) is 0.636. The number of aromatic nitrogens is 2. The van der Waals surface area contributed by atoms with Gasteiger partial charge in [0, 0.05) is 17.4 Å². The van der Waals surface area contributed by atoms with Crippen LogP contribution in [-0.4, -0.2) is 37.5 Å². The van der Waals surface area contributed by atoms with Crippen LogP contribution in [0.25, 0.3) is 0 Å². The first-order valence-corrected chi connectivity index (χ1v) is 7.51. The number of rotatable bonds is 3. The normalized spacial score (nSPS) is 17.9. The summed E-state index contributed by atoms with van der Waals surface area (Å²) in [5.74, 6) is 0. The average molecular weight is 270 g/mol. The number of nitrogens with one attached hydrogen (secondary N) is 2. The summed E-state index contributed by atoms with van der Waals surface area (Å²) in [5, 5.41) is 3.07. The molecule has 7 heteroatoms. The molecule has 0 aliphatic carbocycles. The first kappa shape index (κ1) is 13.4. The van der Waals surface area contributed by atoms with Crippen molar-refractivity contribution >= 4 is 10.0 Å². The lowest BCUT2D eigenvalue weighted by Crippen LogP contribution is -2.43. The topological polar surface area (TPSA) is 84.0 Å². The number of sulfonamides is 1. The van der Waals surface area contributed by atoms with E-state index >= 15 is 0 Å². The molecular weight excluding hydrogens is 252 g/mol. The van der Waals surface area contributed by atoms with Crippen LogP contribution in [0.2, 0.25) is 0 Å². The standard InChI is InChI=1S/C11H18N4O2S/c1-8-7-9(2)14-11(13-8)18(16,17)15-10-3-5-12-6-4-10/h7,10,12,15H,3-6H2,1-2H3. The van der Waals surface area contributed by atoms with Gasteiger partial charge in [-0.3, -0.25) is 0 Å². The number of nitrogens with zero attached hydrogens (tertiary/aromatic N) is 2. The Morgan fingerprint density at radius 3 is 2.33 bits per heavy atom. The van der Waals surface area contributed by atoms with Crippen molar-refractivity contribution in [3.8, 4) is 0 Å². The molecule has 0 radical (unpaired) electrons. The van der Waals surface area contributed by atoms with Crippen molar-refractivity contribution in [3.63, 3.8) is 0 Å². The van der Waals surface area contributed by atoms with Gasteiger partial charge in [0.1, 0.15) is 0 Å². The van der Waals surface area contributed by atoms with Crippen LogP contribution in [0.4, 0.5) is 0 Å². The summed E-state index contributed by atoms with van der Waals surface area (Å²) >= 11 is 0. The van der Waals surface area contributed by atoms with Gasteiger partial charge in [0.2, 0.25) is 0 Å². The van der Waals surface area contributed by atoms with Crippen molar-refractivity contribution in [1.29, 1.82) is 0 Å². The van der Waals surface area contributed by atoms with Gasteiger partial charge in [0.05, 0.1) is 0 Å². The van der Waals surface area contributed by atoms with E-state index in [0.29, 0.717) is 11.4 Å². The number of aryl methyl sites for hydroxylation is 2. The van der Waals surface area contributed by atoms with Gasteiger partial charge in [0.15, 0.2) is 0 Å². The molecule has 0 spiro atoms. The Bertz CT molecular complexity index is 504. The number of piperidine rings is 1. The molecule has 0 bridgehead atoms. The van der Waals surface area contributed by atoms with Crippen LogP contribution in [0, 0.1) is 13.8 Å². The van der Waals surface area contributed by atoms with Crippen LogP contribution in [0.3, 0.4) is 0 Å². The Morgan fingerprint density at radius 2 is 1.78 bits per heavy atom. The Hall–Kier alpha value is -1.05. The molecule has 1 saturated heterocycles. The van der Waals surface area contributed by atoms with Crippen LogP contribution < -0.4 is 10.0 Å². The summed E-state index contributed by atoms with van der Waals surface area (Å²) in [5.41, 5.74) is 1.32. The predicted molar refractivity (Wildman–Crippen MR) is 67.7 cm³/mol. The predicted octanol–water partition coefficient (Wildman–Crippen LogP) is 0.124. The van der Waals surface area contributed by atoms with Crippen molar-refractivity contribution in [2.45, 2.75) is 37.9 Å². The summed E-state index contributed by atoms with van der Waals surface area (Å²) in [7, 11) is -3.60. The van der Waals surface area contributed by atoms with Gasteiger partial charge in [-0.2, -0.15) is 0 Å². The van der Waals surface area contributed by atoms with E-state index in [4.69, 9.17) is 0 Å². The lowest BCUT2D eigenvalue weighted by Gasteiger charge is -2.23. The highest BCUT2D eigenvalue weighted by Gasteiger charge is 2.24. The smallest absolute Gasteiger partial charge is 0.276 e. The molecule has 0 atom stereocenters. The van der Waals surface area contributed by atoms with E-state index in [-0.39, 0.29) is 11.2 Å². The molecule has 1 aliphatic heterocycles. The van der Waals surface area contributed by atoms with E-state index in [1.807, 2.05) is 0 Å². The molecule has 1 aromatic rings. The third-order valence-corrected chi connectivity index (χ3v) is 4.17. The van der Waals surface area contributed by atoms with Crippen molar-refractivity contribution < 1.29 is 8.42 Å². The first-order chi connectivity index (χ1) is 8.47. The summed E-state index contributed by atoms with van der Waals surface area (Å²) < 4.78 is 27.0. The minimum absolute atomic E-state index is 0.0272. The molecule has 6 nitrogen and oxygen atoms in total. The van der Waals surface area contributed by atoms with E-state index in [2.05, 4.69) is 20.0 Å². The van der Waals surface area contributed by atoms with Crippen LogP contribution >= 0.6 is 0 Å². The molecule has 2 heterocycles. The molecule has 0 unspecified atom stereocenters. The van der Waals surface area contributed by atoms with Gasteiger partial charge in [0.25, 0.3) is 15.2 Å².